The Morgan fingerprint density at radius 2 is 2.28 bits per heavy atom. The van der Waals surface area contributed by atoms with E-state index in [0.29, 0.717) is 24.6 Å². The molecule has 1 atom stereocenters. The molecule has 1 aliphatic rings. The van der Waals surface area contributed by atoms with E-state index in [1.165, 1.54) is 0 Å². The average molecular weight is 273 g/mol. The Labute approximate surface area is 107 Å². The Hall–Kier alpha value is -0.950. The highest BCUT2D eigenvalue weighted by molar-refractivity contribution is 7.91. The summed E-state index contributed by atoms with van der Waals surface area (Å²) in [5.74, 6) is 1.11. The Morgan fingerprint density at radius 3 is 3.00 bits per heavy atom. The van der Waals surface area contributed by atoms with Crippen molar-refractivity contribution in [3.8, 4) is 0 Å². The molecule has 1 unspecified atom stereocenters. The van der Waals surface area contributed by atoms with Crippen molar-refractivity contribution in [2.75, 3.05) is 19.3 Å². The SMILES string of the molecule is CNCCCc1nc(C2CCCCS2(=O)=O)no1. The number of nitrogens with zero attached hydrogens (tertiary/aromatic N) is 2. The number of hydrogen-bond donors (Lipinski definition) is 1. The van der Waals surface area contributed by atoms with E-state index in [4.69, 9.17) is 4.52 Å². The first-order chi connectivity index (χ1) is 8.63. The summed E-state index contributed by atoms with van der Waals surface area (Å²) in [6, 6.07) is 0. The van der Waals surface area contributed by atoms with Crippen molar-refractivity contribution in [2.45, 2.75) is 37.4 Å². The molecule has 1 aromatic rings. The molecule has 2 rings (SSSR count). The van der Waals surface area contributed by atoms with Crippen molar-refractivity contribution in [3.63, 3.8) is 0 Å². The monoisotopic (exact) mass is 273 g/mol. The third-order valence-electron chi connectivity index (χ3n) is 3.17. The van der Waals surface area contributed by atoms with E-state index in [-0.39, 0.29) is 5.75 Å². The number of aromatic nitrogens is 2. The Balaban J connectivity index is 2.04. The molecule has 2 heterocycles. The fourth-order valence-electron chi connectivity index (χ4n) is 2.16. The van der Waals surface area contributed by atoms with Crippen LogP contribution >= 0.6 is 0 Å². The first kappa shape index (κ1) is 13.5. The van der Waals surface area contributed by atoms with Gasteiger partial charge in [-0.25, -0.2) is 8.42 Å². The van der Waals surface area contributed by atoms with Crippen LogP contribution in [-0.2, 0) is 16.3 Å². The minimum atomic E-state index is -3.09. The van der Waals surface area contributed by atoms with Crippen molar-refractivity contribution in [3.05, 3.63) is 11.7 Å². The van der Waals surface area contributed by atoms with Gasteiger partial charge in [0.05, 0.1) is 5.75 Å². The molecule has 1 saturated heterocycles. The van der Waals surface area contributed by atoms with Crippen LogP contribution < -0.4 is 5.32 Å². The largest absolute Gasteiger partial charge is 0.339 e. The lowest BCUT2D eigenvalue weighted by Crippen LogP contribution is -2.22. The molecule has 0 radical (unpaired) electrons. The standard InChI is InChI=1S/C11H19N3O3S/c1-12-7-4-6-10-13-11(14-17-10)9-5-2-3-8-18(9,15)16/h9,12H,2-8H2,1H3. The van der Waals surface area contributed by atoms with Gasteiger partial charge in [-0.2, -0.15) is 4.98 Å². The zero-order valence-corrected chi connectivity index (χ0v) is 11.4. The molecule has 18 heavy (non-hydrogen) atoms. The highest BCUT2D eigenvalue weighted by atomic mass is 32.2. The Kier molecular flexibility index (Phi) is 4.34. The zero-order chi connectivity index (χ0) is 13.0. The van der Waals surface area contributed by atoms with Crippen LogP contribution in [-0.4, -0.2) is 37.9 Å². The highest BCUT2D eigenvalue weighted by Gasteiger charge is 2.33. The summed E-state index contributed by atoms with van der Waals surface area (Å²) >= 11 is 0. The zero-order valence-electron chi connectivity index (χ0n) is 10.6. The molecule has 0 aromatic carbocycles. The molecule has 6 nitrogen and oxygen atoms in total. The van der Waals surface area contributed by atoms with Gasteiger partial charge in [0, 0.05) is 6.42 Å². The van der Waals surface area contributed by atoms with Crippen LogP contribution in [0.4, 0.5) is 0 Å². The van der Waals surface area contributed by atoms with Gasteiger partial charge in [0.25, 0.3) is 0 Å². The van der Waals surface area contributed by atoms with Crippen LogP contribution in [0.2, 0.25) is 0 Å². The van der Waals surface area contributed by atoms with Crippen LogP contribution in [0.15, 0.2) is 4.52 Å². The molecule has 1 aromatic heterocycles. The summed E-state index contributed by atoms with van der Waals surface area (Å²) in [6.45, 7) is 0.874. The van der Waals surface area contributed by atoms with E-state index in [1.54, 1.807) is 0 Å². The number of nitrogens with one attached hydrogen (secondary N) is 1. The van der Waals surface area contributed by atoms with Crippen molar-refractivity contribution >= 4 is 9.84 Å². The topological polar surface area (TPSA) is 85.1 Å². The molecule has 7 heteroatoms. The number of sulfone groups is 1. The van der Waals surface area contributed by atoms with Gasteiger partial charge in [0.2, 0.25) is 5.89 Å². The predicted molar refractivity (Wildman–Crippen MR) is 66.9 cm³/mol. The normalized spacial score (nSPS) is 23.1. The maximum Gasteiger partial charge on any atom is 0.226 e. The molecular formula is C11H19N3O3S. The lowest BCUT2D eigenvalue weighted by molar-refractivity contribution is 0.368. The fraction of sp³-hybridized carbons (Fsp3) is 0.818. The number of hydrogen-bond acceptors (Lipinski definition) is 6. The maximum atomic E-state index is 11.9. The van der Waals surface area contributed by atoms with Gasteiger partial charge in [-0.1, -0.05) is 11.6 Å². The van der Waals surface area contributed by atoms with E-state index in [9.17, 15) is 8.42 Å². The van der Waals surface area contributed by atoms with Crippen LogP contribution in [0.1, 0.15) is 42.6 Å². The molecule has 0 aliphatic carbocycles. The summed E-state index contributed by atoms with van der Waals surface area (Å²) in [5.41, 5.74) is 0. The summed E-state index contributed by atoms with van der Waals surface area (Å²) in [4.78, 5) is 4.22. The van der Waals surface area contributed by atoms with Crippen LogP contribution in [0.5, 0.6) is 0 Å². The van der Waals surface area contributed by atoms with Gasteiger partial charge in [-0.3, -0.25) is 0 Å². The van der Waals surface area contributed by atoms with Crippen LogP contribution in [0.3, 0.4) is 0 Å². The minimum absolute atomic E-state index is 0.237. The summed E-state index contributed by atoms with van der Waals surface area (Å²) in [7, 11) is -1.20. The maximum absolute atomic E-state index is 11.9. The number of rotatable bonds is 5. The molecule has 0 bridgehead atoms. The van der Waals surface area contributed by atoms with E-state index < -0.39 is 15.1 Å². The third-order valence-corrected chi connectivity index (χ3v) is 5.34. The van der Waals surface area contributed by atoms with Gasteiger partial charge in [-0.15, -0.1) is 0 Å². The van der Waals surface area contributed by atoms with Crippen molar-refractivity contribution < 1.29 is 12.9 Å². The van der Waals surface area contributed by atoms with Crippen molar-refractivity contribution in [1.82, 2.24) is 15.5 Å². The van der Waals surface area contributed by atoms with Gasteiger partial charge >= 0.3 is 0 Å². The lowest BCUT2D eigenvalue weighted by atomic mass is 10.2. The second kappa shape index (κ2) is 5.79. The second-order valence-electron chi connectivity index (χ2n) is 4.60. The average Bonchev–Trinajstić information content (AvgIpc) is 2.77. The number of aryl methyl sites for hydroxylation is 1. The molecular weight excluding hydrogens is 254 g/mol. The summed E-state index contributed by atoms with van der Waals surface area (Å²) < 4.78 is 28.9. The third kappa shape index (κ3) is 3.08. The van der Waals surface area contributed by atoms with Crippen LogP contribution in [0.25, 0.3) is 0 Å². The first-order valence-corrected chi connectivity index (χ1v) is 8.03. The quantitative estimate of drug-likeness (QED) is 0.801. The molecule has 0 saturated carbocycles. The fourth-order valence-corrected chi connectivity index (χ4v) is 3.99. The molecule has 0 spiro atoms. The summed E-state index contributed by atoms with van der Waals surface area (Å²) in [6.07, 6.45) is 3.84. The van der Waals surface area contributed by atoms with E-state index >= 15 is 0 Å². The van der Waals surface area contributed by atoms with Gasteiger partial charge in [-0.05, 0) is 32.9 Å². The van der Waals surface area contributed by atoms with E-state index in [2.05, 4.69) is 15.5 Å². The molecule has 1 N–H and O–H groups in total. The van der Waals surface area contributed by atoms with Gasteiger partial charge in [0.1, 0.15) is 5.25 Å². The smallest absolute Gasteiger partial charge is 0.226 e. The summed E-state index contributed by atoms with van der Waals surface area (Å²) in [5, 5.41) is 6.30. The highest BCUT2D eigenvalue weighted by Crippen LogP contribution is 2.31. The first-order valence-electron chi connectivity index (χ1n) is 6.32. The van der Waals surface area contributed by atoms with E-state index in [1.807, 2.05) is 7.05 Å². The van der Waals surface area contributed by atoms with E-state index in [0.717, 1.165) is 25.8 Å². The van der Waals surface area contributed by atoms with Gasteiger partial charge < -0.3 is 9.84 Å². The van der Waals surface area contributed by atoms with Crippen molar-refractivity contribution in [2.24, 2.45) is 0 Å². The molecule has 1 fully saturated rings. The second-order valence-corrected chi connectivity index (χ2v) is 6.91. The molecule has 102 valence electrons. The molecule has 0 amide bonds. The minimum Gasteiger partial charge on any atom is -0.339 e. The van der Waals surface area contributed by atoms with Crippen LogP contribution in [0, 0.1) is 0 Å². The Morgan fingerprint density at radius 1 is 1.44 bits per heavy atom. The Bertz CT molecular complexity index is 483. The van der Waals surface area contributed by atoms with Gasteiger partial charge in [0.15, 0.2) is 15.7 Å². The lowest BCUT2D eigenvalue weighted by Gasteiger charge is -2.18. The molecule has 1 aliphatic heterocycles. The predicted octanol–water partition coefficient (Wildman–Crippen LogP) is 0.861. The van der Waals surface area contributed by atoms with Crippen molar-refractivity contribution in [1.29, 1.82) is 0 Å².